The molecule has 0 heterocycles. The van der Waals surface area contributed by atoms with Crippen LogP contribution in [0.2, 0.25) is 0 Å². The quantitative estimate of drug-likeness (QED) is 0.501. The third-order valence-electron chi connectivity index (χ3n) is 3.00. The van der Waals surface area contributed by atoms with E-state index in [1.807, 2.05) is 20.8 Å². The lowest BCUT2D eigenvalue weighted by molar-refractivity contribution is 0.102. The average Bonchev–Trinajstić information content (AvgIpc) is 2.62. The maximum absolute atomic E-state index is 12.9. The Labute approximate surface area is 154 Å². The van der Waals surface area contributed by atoms with E-state index < -0.39 is 0 Å². The summed E-state index contributed by atoms with van der Waals surface area (Å²) in [6, 6.07) is 12.3. The van der Waals surface area contributed by atoms with Crippen LogP contribution in [0.5, 0.6) is 5.75 Å². The molecule has 26 heavy (non-hydrogen) atoms. The lowest BCUT2D eigenvalue weighted by atomic mass is 10.2. The second-order valence-electron chi connectivity index (χ2n) is 5.24. The molecule has 3 nitrogen and oxygen atoms in total. The summed E-state index contributed by atoms with van der Waals surface area (Å²) in [6.45, 7) is 13.4. The van der Waals surface area contributed by atoms with Gasteiger partial charge in [-0.05, 0) is 49.4 Å². The normalized spacial score (nSPS) is 9.85. The molecule has 4 heteroatoms. The van der Waals surface area contributed by atoms with Crippen molar-refractivity contribution in [3.05, 3.63) is 96.6 Å². The van der Waals surface area contributed by atoms with Gasteiger partial charge in [-0.2, -0.15) is 0 Å². The Morgan fingerprint density at radius 2 is 1.73 bits per heavy atom. The van der Waals surface area contributed by atoms with Gasteiger partial charge >= 0.3 is 0 Å². The number of nitrogens with one attached hydrogen (secondary N) is 1. The fraction of sp³-hybridized carbons (Fsp3) is 0.136. The molecule has 0 radical (unpaired) electrons. The van der Waals surface area contributed by atoms with Crippen molar-refractivity contribution in [1.82, 2.24) is 0 Å². The molecule has 0 aromatic heterocycles. The molecule has 1 amide bonds. The molecule has 0 aliphatic rings. The Morgan fingerprint density at radius 3 is 2.35 bits per heavy atom. The van der Waals surface area contributed by atoms with Crippen LogP contribution in [0.4, 0.5) is 10.1 Å². The highest BCUT2D eigenvalue weighted by molar-refractivity contribution is 6.04. The van der Waals surface area contributed by atoms with E-state index in [4.69, 9.17) is 4.74 Å². The third-order valence-corrected chi connectivity index (χ3v) is 3.00. The number of carbonyl (C=O) groups excluding carboxylic acids is 1. The van der Waals surface area contributed by atoms with Crippen LogP contribution in [-0.2, 0) is 0 Å². The molecule has 0 atom stereocenters. The average molecular weight is 353 g/mol. The number of hydrogen-bond donors (Lipinski definition) is 1. The lowest BCUT2D eigenvalue weighted by Gasteiger charge is -2.09. The van der Waals surface area contributed by atoms with Crippen molar-refractivity contribution < 1.29 is 13.9 Å². The molecule has 0 bridgehead atoms. The summed E-state index contributed by atoms with van der Waals surface area (Å²) in [5, 5.41) is 2.74. The molecule has 1 N–H and O–H groups in total. The van der Waals surface area contributed by atoms with Gasteiger partial charge in [-0.1, -0.05) is 44.7 Å². The first-order valence-corrected chi connectivity index (χ1v) is 8.31. The summed E-state index contributed by atoms with van der Waals surface area (Å²) in [7, 11) is 0. The van der Waals surface area contributed by atoms with Crippen LogP contribution in [0.3, 0.4) is 0 Å². The SMILES string of the molecule is C=C(C)/C=C\C(=C)Oc1cccc(NC(=O)c2ccc(F)cc2)c1.CC. The maximum atomic E-state index is 12.9. The van der Waals surface area contributed by atoms with Crippen LogP contribution in [0.1, 0.15) is 31.1 Å². The van der Waals surface area contributed by atoms with E-state index in [9.17, 15) is 9.18 Å². The fourth-order valence-electron chi connectivity index (χ4n) is 1.86. The summed E-state index contributed by atoms with van der Waals surface area (Å²) < 4.78 is 18.5. The molecule has 136 valence electrons. The van der Waals surface area contributed by atoms with Crippen LogP contribution < -0.4 is 10.1 Å². The molecule has 0 aliphatic carbocycles. The molecule has 2 aromatic rings. The van der Waals surface area contributed by atoms with Crippen molar-refractivity contribution in [2.24, 2.45) is 0 Å². The minimum Gasteiger partial charge on any atom is -0.458 e. The lowest BCUT2D eigenvalue weighted by Crippen LogP contribution is -2.11. The van der Waals surface area contributed by atoms with Gasteiger partial charge < -0.3 is 10.1 Å². The van der Waals surface area contributed by atoms with Gasteiger partial charge in [0.2, 0.25) is 0 Å². The van der Waals surface area contributed by atoms with E-state index >= 15 is 0 Å². The van der Waals surface area contributed by atoms with Crippen molar-refractivity contribution >= 4 is 11.6 Å². The Morgan fingerprint density at radius 1 is 1.08 bits per heavy atom. The molecule has 0 saturated carbocycles. The Bertz CT molecular complexity index is 792. The highest BCUT2D eigenvalue weighted by Crippen LogP contribution is 2.20. The number of ether oxygens (including phenoxy) is 1. The van der Waals surface area contributed by atoms with E-state index in [1.54, 1.807) is 36.4 Å². The van der Waals surface area contributed by atoms with Crippen molar-refractivity contribution in [3.63, 3.8) is 0 Å². The number of allylic oxidation sites excluding steroid dienone is 3. The minimum atomic E-state index is -0.386. The van der Waals surface area contributed by atoms with Gasteiger partial charge in [-0.25, -0.2) is 4.39 Å². The van der Waals surface area contributed by atoms with Crippen LogP contribution in [-0.4, -0.2) is 5.91 Å². The van der Waals surface area contributed by atoms with Crippen molar-refractivity contribution in [2.45, 2.75) is 20.8 Å². The summed E-state index contributed by atoms with van der Waals surface area (Å²) in [5.74, 6) is 0.291. The zero-order valence-electron chi connectivity index (χ0n) is 15.4. The van der Waals surface area contributed by atoms with E-state index in [0.717, 1.165) is 5.57 Å². The molecular formula is C22H24FNO2. The molecule has 0 unspecified atom stereocenters. The van der Waals surface area contributed by atoms with Crippen molar-refractivity contribution in [3.8, 4) is 5.75 Å². The molecule has 2 aromatic carbocycles. The molecular weight excluding hydrogens is 329 g/mol. The van der Waals surface area contributed by atoms with E-state index in [-0.39, 0.29) is 11.7 Å². The Hall–Kier alpha value is -3.14. The van der Waals surface area contributed by atoms with Crippen molar-refractivity contribution in [2.75, 3.05) is 5.32 Å². The first kappa shape index (κ1) is 20.9. The van der Waals surface area contributed by atoms with Gasteiger partial charge in [0.1, 0.15) is 17.3 Å². The van der Waals surface area contributed by atoms with Gasteiger partial charge in [0.15, 0.2) is 0 Å². The Kier molecular flexibility index (Phi) is 8.58. The van der Waals surface area contributed by atoms with Crippen LogP contribution in [0, 0.1) is 5.82 Å². The summed E-state index contributed by atoms with van der Waals surface area (Å²) >= 11 is 0. The number of rotatable bonds is 6. The molecule has 2 rings (SSSR count). The number of benzene rings is 2. The summed E-state index contributed by atoms with van der Waals surface area (Å²) in [6.07, 6.45) is 3.51. The largest absolute Gasteiger partial charge is 0.458 e. The summed E-state index contributed by atoms with van der Waals surface area (Å²) in [4.78, 5) is 12.1. The van der Waals surface area contributed by atoms with Gasteiger partial charge in [-0.15, -0.1) is 0 Å². The van der Waals surface area contributed by atoms with Gasteiger partial charge in [0.05, 0.1) is 0 Å². The van der Waals surface area contributed by atoms with Crippen molar-refractivity contribution in [1.29, 1.82) is 0 Å². The second-order valence-corrected chi connectivity index (χ2v) is 5.24. The predicted molar refractivity (Wildman–Crippen MR) is 106 cm³/mol. The smallest absolute Gasteiger partial charge is 0.255 e. The van der Waals surface area contributed by atoms with E-state index in [2.05, 4.69) is 18.5 Å². The molecule has 0 saturated heterocycles. The first-order chi connectivity index (χ1) is 12.4. The Balaban J connectivity index is 0.00000163. The number of amides is 1. The second kappa shape index (κ2) is 10.7. The maximum Gasteiger partial charge on any atom is 0.255 e. The first-order valence-electron chi connectivity index (χ1n) is 8.31. The van der Waals surface area contributed by atoms with Gasteiger partial charge in [0, 0.05) is 17.3 Å². The molecule has 0 spiro atoms. The minimum absolute atomic E-state index is 0.326. The zero-order valence-corrected chi connectivity index (χ0v) is 15.4. The monoisotopic (exact) mass is 353 g/mol. The third kappa shape index (κ3) is 7.18. The standard InChI is InChI=1S/C20H18FNO2.C2H6/c1-14(2)7-8-15(3)24-19-6-4-5-18(13-19)22-20(23)16-9-11-17(21)12-10-16;1-2/h4-13H,1,3H2,2H3,(H,22,23);1-2H3/b8-7-;. The summed E-state index contributed by atoms with van der Waals surface area (Å²) in [5.41, 5.74) is 1.83. The van der Waals surface area contributed by atoms with Gasteiger partial charge in [0.25, 0.3) is 5.91 Å². The topological polar surface area (TPSA) is 38.3 Å². The van der Waals surface area contributed by atoms with Gasteiger partial charge in [-0.3, -0.25) is 4.79 Å². The fourth-order valence-corrected chi connectivity index (χ4v) is 1.86. The number of halogens is 1. The number of hydrogen-bond acceptors (Lipinski definition) is 2. The highest BCUT2D eigenvalue weighted by atomic mass is 19.1. The van der Waals surface area contributed by atoms with Crippen LogP contribution in [0.15, 0.2) is 85.2 Å². The number of anilines is 1. The van der Waals surface area contributed by atoms with Crippen LogP contribution in [0.25, 0.3) is 0 Å². The molecule has 0 aliphatic heterocycles. The predicted octanol–water partition coefficient (Wildman–Crippen LogP) is 6.13. The molecule has 0 fully saturated rings. The highest BCUT2D eigenvalue weighted by Gasteiger charge is 2.07. The van der Waals surface area contributed by atoms with E-state index in [1.165, 1.54) is 24.3 Å². The van der Waals surface area contributed by atoms with Crippen LogP contribution >= 0.6 is 0 Å². The number of carbonyl (C=O) groups is 1. The van der Waals surface area contributed by atoms with E-state index in [0.29, 0.717) is 22.8 Å². The zero-order chi connectivity index (χ0) is 19.5.